The first-order chi connectivity index (χ1) is 17.4. The molecule has 36 heavy (non-hydrogen) atoms. The van der Waals surface area contributed by atoms with Crippen LogP contribution in [-0.2, 0) is 16.1 Å². The van der Waals surface area contributed by atoms with Gasteiger partial charge >= 0.3 is 11.7 Å². The van der Waals surface area contributed by atoms with Crippen LogP contribution < -0.4 is 20.5 Å². The molecule has 1 heterocycles. The summed E-state index contributed by atoms with van der Waals surface area (Å²) in [5.41, 5.74) is 2.01. The Balaban J connectivity index is 1.28. The molecule has 0 atom stereocenters. The van der Waals surface area contributed by atoms with Crippen molar-refractivity contribution < 1.29 is 28.2 Å². The number of hydrogen-bond acceptors (Lipinski definition) is 6. The van der Waals surface area contributed by atoms with Crippen LogP contribution >= 0.6 is 0 Å². The van der Waals surface area contributed by atoms with Gasteiger partial charge in [0.2, 0.25) is 0 Å². The third-order valence-electron chi connectivity index (χ3n) is 5.33. The van der Waals surface area contributed by atoms with E-state index in [1.54, 1.807) is 4.57 Å². The molecule has 0 fully saturated rings. The summed E-state index contributed by atoms with van der Waals surface area (Å²) in [7, 11) is 1.41. The summed E-state index contributed by atoms with van der Waals surface area (Å²) in [5.74, 6) is -0.884. The highest BCUT2D eigenvalue weighted by molar-refractivity contribution is 5.92. The molecule has 0 aliphatic carbocycles. The van der Waals surface area contributed by atoms with E-state index in [1.807, 2.05) is 24.3 Å². The minimum Gasteiger partial charge on any atom is -0.493 e. The van der Waals surface area contributed by atoms with E-state index in [-0.39, 0.29) is 36.0 Å². The van der Waals surface area contributed by atoms with Crippen molar-refractivity contribution in [1.82, 2.24) is 9.55 Å². The molecular weight excluding hydrogens is 469 g/mol. The number of hydrogen-bond donors (Lipinski definition) is 2. The summed E-state index contributed by atoms with van der Waals surface area (Å²) >= 11 is 0. The third-order valence-corrected chi connectivity index (χ3v) is 5.33. The van der Waals surface area contributed by atoms with Crippen molar-refractivity contribution in [3.63, 3.8) is 0 Å². The number of fused-ring (bicyclic) bond motifs is 1. The summed E-state index contributed by atoms with van der Waals surface area (Å²) < 4.78 is 30.7. The van der Waals surface area contributed by atoms with Gasteiger partial charge in [-0.2, -0.15) is 0 Å². The number of imidazole rings is 1. The molecule has 4 aromatic rings. The van der Waals surface area contributed by atoms with E-state index in [9.17, 15) is 18.8 Å². The Labute approximate surface area is 205 Å². The van der Waals surface area contributed by atoms with Crippen LogP contribution in [0.3, 0.4) is 0 Å². The van der Waals surface area contributed by atoms with Crippen LogP contribution in [0.2, 0.25) is 0 Å². The standard InChI is InChI=1S/C26H24FN3O6/c1-34-23-15-17(7-12-22(23)36-16-24(31)28-19-10-8-18(27)9-11-19)25(32)35-14-4-13-30-21-6-3-2-5-20(21)29-26(30)33/h2-3,5-12,15H,4,13-14,16H2,1H3,(H,28,31)(H,29,33). The Morgan fingerprint density at radius 2 is 1.81 bits per heavy atom. The number of anilines is 1. The predicted molar refractivity (Wildman–Crippen MR) is 131 cm³/mol. The Hall–Kier alpha value is -4.60. The lowest BCUT2D eigenvalue weighted by atomic mass is 10.2. The number of aromatic amines is 1. The van der Waals surface area contributed by atoms with Crippen LogP contribution in [-0.4, -0.2) is 41.8 Å². The van der Waals surface area contributed by atoms with Crippen molar-refractivity contribution >= 4 is 28.6 Å². The molecule has 0 spiro atoms. The number of halogens is 1. The molecule has 0 bridgehead atoms. The molecule has 0 radical (unpaired) electrons. The van der Waals surface area contributed by atoms with Crippen LogP contribution in [0, 0.1) is 5.82 Å². The molecule has 2 N–H and O–H groups in total. The molecule has 0 unspecified atom stereocenters. The molecular formula is C26H24FN3O6. The molecule has 0 saturated heterocycles. The van der Waals surface area contributed by atoms with Crippen LogP contribution in [0.25, 0.3) is 11.0 Å². The van der Waals surface area contributed by atoms with Gasteiger partial charge in [-0.3, -0.25) is 9.36 Å². The first kappa shape index (κ1) is 24.5. The molecule has 1 aromatic heterocycles. The topological polar surface area (TPSA) is 112 Å². The molecule has 3 aromatic carbocycles. The maximum absolute atomic E-state index is 13.0. The average Bonchev–Trinajstić information content (AvgIpc) is 3.21. The van der Waals surface area contributed by atoms with E-state index in [1.165, 1.54) is 49.6 Å². The zero-order valence-corrected chi connectivity index (χ0v) is 19.5. The van der Waals surface area contributed by atoms with Crippen LogP contribution in [0.1, 0.15) is 16.8 Å². The van der Waals surface area contributed by atoms with Gasteiger partial charge in [0.05, 0.1) is 30.3 Å². The van der Waals surface area contributed by atoms with E-state index in [0.29, 0.717) is 18.7 Å². The van der Waals surface area contributed by atoms with E-state index < -0.39 is 17.7 Å². The SMILES string of the molecule is COc1cc(C(=O)OCCCn2c(=O)[nH]c3ccccc32)ccc1OCC(=O)Nc1ccc(F)cc1. The lowest BCUT2D eigenvalue weighted by Gasteiger charge is -2.12. The van der Waals surface area contributed by atoms with Crippen LogP contribution in [0.5, 0.6) is 11.5 Å². The Morgan fingerprint density at radius 3 is 2.58 bits per heavy atom. The number of para-hydroxylation sites is 2. The van der Waals surface area contributed by atoms with Gasteiger partial charge in [0.1, 0.15) is 5.82 Å². The minimum absolute atomic E-state index is 0.120. The summed E-state index contributed by atoms with van der Waals surface area (Å²) in [6, 6.07) is 17.2. The Bertz CT molecular complexity index is 1430. The number of amides is 1. The van der Waals surface area contributed by atoms with E-state index >= 15 is 0 Å². The smallest absolute Gasteiger partial charge is 0.338 e. The van der Waals surface area contributed by atoms with Crippen molar-refractivity contribution in [3.8, 4) is 11.5 Å². The summed E-state index contributed by atoms with van der Waals surface area (Å²) in [6.45, 7) is 0.200. The van der Waals surface area contributed by atoms with E-state index in [0.717, 1.165) is 11.0 Å². The molecule has 9 nitrogen and oxygen atoms in total. The number of esters is 1. The fraction of sp³-hybridized carbons (Fsp3) is 0.192. The highest BCUT2D eigenvalue weighted by Crippen LogP contribution is 2.28. The zero-order valence-electron chi connectivity index (χ0n) is 19.5. The fourth-order valence-electron chi connectivity index (χ4n) is 3.59. The summed E-state index contributed by atoms with van der Waals surface area (Å²) in [6.07, 6.45) is 0.453. The van der Waals surface area contributed by atoms with Crippen LogP contribution in [0.15, 0.2) is 71.5 Å². The second-order valence-corrected chi connectivity index (χ2v) is 7.80. The Morgan fingerprint density at radius 1 is 1.03 bits per heavy atom. The maximum Gasteiger partial charge on any atom is 0.338 e. The van der Waals surface area contributed by atoms with E-state index in [4.69, 9.17) is 14.2 Å². The second kappa shape index (κ2) is 11.2. The van der Waals surface area contributed by atoms with Gasteiger partial charge in [0.25, 0.3) is 5.91 Å². The first-order valence-electron chi connectivity index (χ1n) is 11.2. The minimum atomic E-state index is -0.555. The van der Waals surface area contributed by atoms with Gasteiger partial charge < -0.3 is 24.5 Å². The number of carbonyl (C=O) groups is 2. The monoisotopic (exact) mass is 493 g/mol. The number of nitrogens with one attached hydrogen (secondary N) is 2. The number of aryl methyl sites for hydroxylation is 1. The highest BCUT2D eigenvalue weighted by atomic mass is 19.1. The van der Waals surface area contributed by atoms with Crippen molar-refractivity contribution in [1.29, 1.82) is 0 Å². The Kier molecular flexibility index (Phi) is 7.64. The lowest BCUT2D eigenvalue weighted by Crippen LogP contribution is -2.20. The first-order valence-corrected chi connectivity index (χ1v) is 11.2. The zero-order chi connectivity index (χ0) is 25.5. The molecule has 1 amide bonds. The molecule has 0 saturated carbocycles. The van der Waals surface area contributed by atoms with E-state index in [2.05, 4.69) is 10.3 Å². The van der Waals surface area contributed by atoms with Crippen molar-refractivity contribution in [3.05, 3.63) is 88.6 Å². The number of aromatic nitrogens is 2. The van der Waals surface area contributed by atoms with Gasteiger partial charge in [0, 0.05) is 12.2 Å². The van der Waals surface area contributed by atoms with Gasteiger partial charge in [0.15, 0.2) is 18.1 Å². The van der Waals surface area contributed by atoms with Crippen LogP contribution in [0.4, 0.5) is 10.1 Å². The lowest BCUT2D eigenvalue weighted by molar-refractivity contribution is -0.118. The number of methoxy groups -OCH3 is 1. The largest absolute Gasteiger partial charge is 0.493 e. The maximum atomic E-state index is 13.0. The second-order valence-electron chi connectivity index (χ2n) is 7.80. The molecule has 0 aliphatic heterocycles. The number of rotatable bonds is 10. The molecule has 186 valence electrons. The quantitative estimate of drug-likeness (QED) is 0.257. The van der Waals surface area contributed by atoms with Crippen molar-refractivity contribution in [2.75, 3.05) is 25.6 Å². The molecule has 4 rings (SSSR count). The normalized spacial score (nSPS) is 10.7. The average molecular weight is 493 g/mol. The van der Waals surface area contributed by atoms with Gasteiger partial charge in [-0.1, -0.05) is 12.1 Å². The number of H-pyrrole nitrogens is 1. The number of nitrogens with zero attached hydrogens (tertiary/aromatic N) is 1. The number of benzene rings is 3. The van der Waals surface area contributed by atoms with Gasteiger partial charge in [-0.05, 0) is 61.0 Å². The summed E-state index contributed by atoms with van der Waals surface area (Å²) in [4.78, 5) is 39.5. The molecule has 0 aliphatic rings. The van der Waals surface area contributed by atoms with Gasteiger partial charge in [-0.25, -0.2) is 14.0 Å². The number of ether oxygens (including phenoxy) is 3. The predicted octanol–water partition coefficient (Wildman–Crippen LogP) is 3.74. The third kappa shape index (κ3) is 5.90. The summed E-state index contributed by atoms with van der Waals surface area (Å²) in [5, 5.41) is 2.59. The van der Waals surface area contributed by atoms with Crippen molar-refractivity contribution in [2.45, 2.75) is 13.0 Å². The molecule has 10 heteroatoms. The van der Waals surface area contributed by atoms with Gasteiger partial charge in [-0.15, -0.1) is 0 Å². The van der Waals surface area contributed by atoms with Crippen molar-refractivity contribution in [2.24, 2.45) is 0 Å². The highest BCUT2D eigenvalue weighted by Gasteiger charge is 2.14. The number of carbonyl (C=O) groups excluding carboxylic acids is 2. The fourth-order valence-corrected chi connectivity index (χ4v) is 3.59.